The molecule has 1 aromatic rings. The van der Waals surface area contributed by atoms with Gasteiger partial charge >= 0.3 is 12.1 Å². The lowest BCUT2D eigenvalue weighted by atomic mass is 10.2. The van der Waals surface area contributed by atoms with E-state index in [1.807, 2.05) is 0 Å². The van der Waals surface area contributed by atoms with Crippen LogP contribution in [0.2, 0.25) is 0 Å². The molecule has 1 atom stereocenters. The van der Waals surface area contributed by atoms with Crippen molar-refractivity contribution < 1.29 is 31.8 Å². The summed E-state index contributed by atoms with van der Waals surface area (Å²) in [7, 11) is -2.20. The first-order valence-corrected chi connectivity index (χ1v) is 7.59. The minimum Gasteiger partial charge on any atom is -0.459 e. The number of alkyl halides is 3. The van der Waals surface area contributed by atoms with Crippen LogP contribution < -0.4 is 0 Å². The number of benzene rings is 1. The summed E-state index contributed by atoms with van der Waals surface area (Å²) in [5.41, 5.74) is -3.03. The Kier molecular flexibility index (Phi) is 5.51. The van der Waals surface area contributed by atoms with E-state index < -0.39 is 55.4 Å². The van der Waals surface area contributed by atoms with E-state index in [9.17, 15) is 32.3 Å². The fourth-order valence-electron chi connectivity index (χ4n) is 1.58. The molecule has 0 aliphatic heterocycles. The number of hydrogen-bond donors (Lipinski definition) is 0. The van der Waals surface area contributed by atoms with Crippen LogP contribution in [0.1, 0.15) is 26.3 Å². The highest BCUT2D eigenvalue weighted by atomic mass is 32.2. The van der Waals surface area contributed by atoms with Crippen LogP contribution in [0.25, 0.3) is 0 Å². The van der Waals surface area contributed by atoms with Crippen LogP contribution in [-0.2, 0) is 26.5 Å². The van der Waals surface area contributed by atoms with Crippen molar-refractivity contribution in [2.45, 2.75) is 37.4 Å². The molecule has 0 heterocycles. The van der Waals surface area contributed by atoms with Crippen molar-refractivity contribution >= 4 is 22.5 Å². The van der Waals surface area contributed by atoms with Gasteiger partial charge in [0.15, 0.2) is 0 Å². The minimum absolute atomic E-state index is 0.294. The molecule has 6 nitrogen and oxygen atoms in total. The van der Waals surface area contributed by atoms with E-state index >= 15 is 0 Å². The smallest absolute Gasteiger partial charge is 0.416 e. The van der Waals surface area contributed by atoms with Gasteiger partial charge in [0.1, 0.15) is 16.2 Å². The number of esters is 1. The van der Waals surface area contributed by atoms with Crippen LogP contribution in [-0.4, -0.2) is 26.5 Å². The molecule has 0 aliphatic rings. The summed E-state index contributed by atoms with van der Waals surface area (Å²) in [5.74, 6) is -1.56. The number of nitrogens with zero attached hydrogens (tertiary/aromatic N) is 1. The number of ether oxygens (including phenoxy) is 1. The number of carbonyl (C=O) groups excluding carboxylic acids is 1. The molecule has 23 heavy (non-hydrogen) atoms. The summed E-state index contributed by atoms with van der Waals surface area (Å²) in [5, 5.41) is 10.9. The molecule has 0 aromatic heterocycles. The molecule has 0 aliphatic carbocycles. The molecule has 0 fully saturated rings. The Balaban J connectivity index is 3.10. The fourth-order valence-corrected chi connectivity index (χ4v) is 2.60. The molecule has 0 saturated carbocycles. The van der Waals surface area contributed by atoms with Crippen LogP contribution in [0.4, 0.5) is 18.9 Å². The highest BCUT2D eigenvalue weighted by Crippen LogP contribution is 2.34. The molecule has 1 rings (SSSR count). The van der Waals surface area contributed by atoms with Gasteiger partial charge in [-0.15, -0.1) is 0 Å². The monoisotopic (exact) mass is 353 g/mol. The third-order valence-corrected chi connectivity index (χ3v) is 3.73. The summed E-state index contributed by atoms with van der Waals surface area (Å²) in [4.78, 5) is 21.0. The lowest BCUT2D eigenvalue weighted by Gasteiger charge is -2.19. The van der Waals surface area contributed by atoms with Gasteiger partial charge in [-0.1, -0.05) is 0 Å². The van der Waals surface area contributed by atoms with E-state index in [4.69, 9.17) is 4.74 Å². The van der Waals surface area contributed by atoms with Crippen molar-refractivity contribution in [2.75, 3.05) is 5.75 Å². The van der Waals surface area contributed by atoms with Gasteiger partial charge in [0.25, 0.3) is 5.69 Å². The lowest BCUT2D eigenvalue weighted by Crippen LogP contribution is -2.27. The predicted octanol–water partition coefficient (Wildman–Crippen LogP) is 3.06. The second kappa shape index (κ2) is 6.65. The average molecular weight is 353 g/mol. The van der Waals surface area contributed by atoms with E-state index in [0.717, 1.165) is 6.07 Å². The molecular formula is C13H14F3NO5S. The molecule has 0 bridgehead atoms. The first kappa shape index (κ1) is 19.1. The molecule has 0 radical (unpaired) electrons. The summed E-state index contributed by atoms with van der Waals surface area (Å²) in [6.45, 7) is 4.73. The van der Waals surface area contributed by atoms with Crippen molar-refractivity contribution in [1.82, 2.24) is 0 Å². The normalized spacial score (nSPS) is 13.5. The molecule has 128 valence electrons. The molecule has 1 aromatic carbocycles. The highest BCUT2D eigenvalue weighted by molar-refractivity contribution is 7.85. The minimum atomic E-state index is -4.77. The van der Waals surface area contributed by atoms with Gasteiger partial charge in [0, 0.05) is 6.07 Å². The summed E-state index contributed by atoms with van der Waals surface area (Å²) >= 11 is 0. The molecule has 0 saturated heterocycles. The second-order valence-corrected chi connectivity index (χ2v) is 6.93. The Bertz CT molecular complexity index is 652. The van der Waals surface area contributed by atoms with Crippen LogP contribution in [0.15, 0.2) is 23.1 Å². The topological polar surface area (TPSA) is 86.5 Å². The zero-order valence-electron chi connectivity index (χ0n) is 12.5. The van der Waals surface area contributed by atoms with Crippen molar-refractivity contribution in [3.63, 3.8) is 0 Å². The third kappa shape index (κ3) is 5.62. The number of carbonyl (C=O) groups is 1. The van der Waals surface area contributed by atoms with Gasteiger partial charge in [-0.05, 0) is 32.9 Å². The Labute approximate surface area is 132 Å². The van der Waals surface area contributed by atoms with E-state index in [0.29, 0.717) is 12.1 Å². The zero-order valence-corrected chi connectivity index (χ0v) is 13.3. The molecule has 10 heteroatoms. The summed E-state index contributed by atoms with van der Waals surface area (Å²) in [6, 6.07) is 1.61. The maximum Gasteiger partial charge on any atom is 0.416 e. The van der Waals surface area contributed by atoms with Crippen molar-refractivity contribution in [3.8, 4) is 0 Å². The van der Waals surface area contributed by atoms with Gasteiger partial charge in [0.05, 0.1) is 21.3 Å². The number of halogens is 3. The zero-order chi connectivity index (χ0) is 18.0. The fraction of sp³-hybridized carbons (Fsp3) is 0.462. The van der Waals surface area contributed by atoms with E-state index in [1.54, 1.807) is 20.8 Å². The maximum atomic E-state index is 12.6. The molecule has 0 N–H and O–H groups in total. The van der Waals surface area contributed by atoms with Crippen molar-refractivity contribution in [2.24, 2.45) is 0 Å². The van der Waals surface area contributed by atoms with Crippen molar-refractivity contribution in [3.05, 3.63) is 33.9 Å². The van der Waals surface area contributed by atoms with E-state index in [2.05, 4.69) is 0 Å². The first-order valence-electron chi connectivity index (χ1n) is 6.27. The number of nitro groups is 1. The quantitative estimate of drug-likeness (QED) is 0.472. The Morgan fingerprint density at radius 1 is 1.30 bits per heavy atom. The maximum absolute atomic E-state index is 12.6. The SMILES string of the molecule is CC(C)(C)OC(=O)C[S@@](=O)c1ccc(C(F)(F)F)cc1[N+](=O)[O-]. The molecule has 0 unspecified atom stereocenters. The van der Waals surface area contributed by atoms with Crippen molar-refractivity contribution in [1.29, 1.82) is 0 Å². The molecule has 0 spiro atoms. The molecular weight excluding hydrogens is 339 g/mol. The van der Waals surface area contributed by atoms with E-state index in [1.165, 1.54) is 0 Å². The van der Waals surface area contributed by atoms with Gasteiger partial charge in [-0.25, -0.2) is 0 Å². The van der Waals surface area contributed by atoms with Gasteiger partial charge < -0.3 is 4.74 Å². The van der Waals surface area contributed by atoms with E-state index in [-0.39, 0.29) is 0 Å². The molecule has 0 amide bonds. The third-order valence-electron chi connectivity index (χ3n) is 2.40. The second-order valence-electron chi connectivity index (χ2n) is 5.51. The standard InChI is InChI=1S/C13H14F3NO5S/c1-12(2,3)22-11(18)7-23(21)10-5-4-8(13(14,15)16)6-9(10)17(19)20/h4-6H,7H2,1-3H3/t23-/m1/s1. The Morgan fingerprint density at radius 2 is 1.87 bits per heavy atom. The first-order chi connectivity index (χ1) is 10.3. The largest absolute Gasteiger partial charge is 0.459 e. The summed E-state index contributed by atoms with van der Waals surface area (Å²) < 4.78 is 54.7. The Hall–Kier alpha value is -1.97. The Morgan fingerprint density at radius 3 is 2.30 bits per heavy atom. The van der Waals surface area contributed by atoms with Gasteiger partial charge in [0.2, 0.25) is 0 Å². The van der Waals surface area contributed by atoms with Gasteiger partial charge in [-0.3, -0.25) is 19.1 Å². The number of hydrogen-bond acceptors (Lipinski definition) is 5. The number of rotatable bonds is 4. The van der Waals surface area contributed by atoms with Gasteiger partial charge in [-0.2, -0.15) is 13.2 Å². The van der Waals surface area contributed by atoms with Crippen LogP contribution in [0, 0.1) is 10.1 Å². The van der Waals surface area contributed by atoms with Crippen LogP contribution in [0.3, 0.4) is 0 Å². The van der Waals surface area contributed by atoms with Crippen LogP contribution in [0.5, 0.6) is 0 Å². The average Bonchev–Trinajstić information content (AvgIpc) is 2.34. The van der Waals surface area contributed by atoms with Crippen LogP contribution >= 0.6 is 0 Å². The highest BCUT2D eigenvalue weighted by Gasteiger charge is 2.34. The number of nitro benzene ring substituents is 1. The summed E-state index contributed by atoms with van der Waals surface area (Å²) in [6.07, 6.45) is -4.77. The predicted molar refractivity (Wildman–Crippen MR) is 75.2 cm³/mol. The lowest BCUT2D eigenvalue weighted by molar-refractivity contribution is -0.388.